The van der Waals surface area contributed by atoms with E-state index in [1.165, 1.54) is 26.5 Å². The van der Waals surface area contributed by atoms with Gasteiger partial charge in [-0.3, -0.25) is 14.4 Å². The van der Waals surface area contributed by atoms with Crippen LogP contribution in [-0.4, -0.2) is 37.6 Å². The first-order valence-corrected chi connectivity index (χ1v) is 10.8. The van der Waals surface area contributed by atoms with Gasteiger partial charge in [0.25, 0.3) is 0 Å². The molecule has 0 aliphatic carbocycles. The largest absolute Gasteiger partial charge is 0.497 e. The number of nitrogens with zero attached hydrogens (tertiary/aromatic N) is 1. The molecule has 0 bridgehead atoms. The highest BCUT2D eigenvalue weighted by atomic mass is 16.5. The summed E-state index contributed by atoms with van der Waals surface area (Å²) in [5.74, 6) is 0.548. The third kappa shape index (κ3) is 4.86. The van der Waals surface area contributed by atoms with Crippen LogP contribution in [0.3, 0.4) is 0 Å². The van der Waals surface area contributed by atoms with E-state index in [2.05, 4.69) is 5.32 Å². The third-order valence-electron chi connectivity index (χ3n) is 5.53. The quantitative estimate of drug-likeness (QED) is 0.391. The molecule has 0 atom stereocenters. The number of hydrogen-bond donors (Lipinski definition) is 1. The van der Waals surface area contributed by atoms with Gasteiger partial charge in [-0.1, -0.05) is 36.4 Å². The normalized spacial score (nSPS) is 10.6. The number of carbonyl (C=O) groups excluding carboxylic acids is 2. The lowest BCUT2D eigenvalue weighted by molar-refractivity contribution is -0.116. The molecule has 3 aromatic carbocycles. The van der Waals surface area contributed by atoms with Gasteiger partial charge in [-0.25, -0.2) is 0 Å². The van der Waals surface area contributed by atoms with Crippen molar-refractivity contribution in [3.8, 4) is 17.2 Å². The molecule has 1 aromatic heterocycles. The van der Waals surface area contributed by atoms with Crippen molar-refractivity contribution in [3.05, 3.63) is 94.3 Å². The van der Waals surface area contributed by atoms with Gasteiger partial charge in [-0.15, -0.1) is 0 Å². The summed E-state index contributed by atoms with van der Waals surface area (Å²) in [6.45, 7) is -0.154. The number of benzene rings is 3. The van der Waals surface area contributed by atoms with Gasteiger partial charge in [0, 0.05) is 29.6 Å². The first-order valence-electron chi connectivity index (χ1n) is 10.8. The lowest BCUT2D eigenvalue weighted by Gasteiger charge is -2.16. The zero-order valence-corrected chi connectivity index (χ0v) is 19.5. The molecule has 8 heteroatoms. The van der Waals surface area contributed by atoms with Crippen LogP contribution >= 0.6 is 0 Å². The van der Waals surface area contributed by atoms with E-state index in [0.717, 1.165) is 0 Å². The highest BCUT2D eigenvalue weighted by molar-refractivity contribution is 6.10. The number of amides is 1. The number of rotatable bonds is 8. The van der Waals surface area contributed by atoms with Gasteiger partial charge in [0.15, 0.2) is 17.3 Å². The van der Waals surface area contributed by atoms with Crippen LogP contribution in [0.25, 0.3) is 10.9 Å². The van der Waals surface area contributed by atoms with Crippen molar-refractivity contribution in [1.29, 1.82) is 0 Å². The maximum Gasteiger partial charge on any atom is 0.244 e. The van der Waals surface area contributed by atoms with Gasteiger partial charge in [0.1, 0.15) is 12.3 Å². The Labute approximate surface area is 201 Å². The molecule has 0 unspecified atom stereocenters. The molecule has 0 saturated heterocycles. The summed E-state index contributed by atoms with van der Waals surface area (Å²) in [7, 11) is 4.48. The van der Waals surface area contributed by atoms with Gasteiger partial charge in [-0.05, 0) is 18.2 Å². The van der Waals surface area contributed by atoms with E-state index < -0.39 is 11.2 Å². The molecule has 8 nitrogen and oxygen atoms in total. The summed E-state index contributed by atoms with van der Waals surface area (Å²) in [4.78, 5) is 39.5. The second-order valence-electron chi connectivity index (χ2n) is 7.70. The molecule has 0 fully saturated rings. The van der Waals surface area contributed by atoms with Gasteiger partial charge in [-0.2, -0.15) is 0 Å². The standard InChI is InChI=1S/C27H24N2O6/c1-33-19-11-7-10-18(12-19)28-25(30)16-29-15-21(26(31)17-8-5-4-6-9-17)27(32)20-13-23(34-2)24(35-3)14-22(20)29/h4-15H,16H2,1-3H3,(H,28,30). The van der Waals surface area contributed by atoms with E-state index in [0.29, 0.717) is 34.0 Å². The molecule has 0 radical (unpaired) electrons. The van der Waals surface area contributed by atoms with E-state index in [1.807, 2.05) is 0 Å². The molecular weight excluding hydrogens is 448 g/mol. The number of fused-ring (bicyclic) bond motifs is 1. The van der Waals surface area contributed by atoms with Gasteiger partial charge >= 0.3 is 0 Å². The first kappa shape index (κ1) is 23.6. The molecule has 1 N–H and O–H groups in total. The van der Waals surface area contributed by atoms with Crippen LogP contribution in [0.4, 0.5) is 5.69 Å². The van der Waals surface area contributed by atoms with E-state index in [4.69, 9.17) is 14.2 Å². The Hall–Kier alpha value is -4.59. The smallest absolute Gasteiger partial charge is 0.244 e. The minimum Gasteiger partial charge on any atom is -0.497 e. The molecular formula is C27H24N2O6. The Kier molecular flexibility index (Phi) is 6.82. The van der Waals surface area contributed by atoms with Crippen LogP contribution in [0.2, 0.25) is 0 Å². The number of carbonyl (C=O) groups is 2. The number of hydrogen-bond acceptors (Lipinski definition) is 6. The minimum absolute atomic E-state index is 0.0508. The van der Waals surface area contributed by atoms with Crippen LogP contribution < -0.4 is 25.0 Å². The summed E-state index contributed by atoms with van der Waals surface area (Å²) in [6, 6.07) is 18.6. The maximum absolute atomic E-state index is 13.4. The SMILES string of the molecule is COc1cccc(NC(=O)Cn2cc(C(=O)c3ccccc3)c(=O)c3cc(OC)c(OC)cc32)c1. The molecule has 178 valence electrons. The lowest BCUT2D eigenvalue weighted by atomic mass is 10.0. The zero-order chi connectivity index (χ0) is 24.9. The number of pyridine rings is 1. The second-order valence-corrected chi connectivity index (χ2v) is 7.70. The number of aromatic nitrogens is 1. The summed E-state index contributed by atoms with van der Waals surface area (Å²) < 4.78 is 17.5. The lowest BCUT2D eigenvalue weighted by Crippen LogP contribution is -2.24. The number of nitrogens with one attached hydrogen (secondary N) is 1. The number of methoxy groups -OCH3 is 3. The monoisotopic (exact) mass is 472 g/mol. The van der Waals surface area contributed by atoms with Crippen molar-refractivity contribution < 1.29 is 23.8 Å². The summed E-state index contributed by atoms with van der Waals surface area (Å²) in [5, 5.41) is 3.05. The zero-order valence-electron chi connectivity index (χ0n) is 19.5. The Balaban J connectivity index is 1.82. The van der Waals surface area contributed by atoms with Crippen molar-refractivity contribution in [2.75, 3.05) is 26.6 Å². The molecule has 0 spiro atoms. The third-order valence-corrected chi connectivity index (χ3v) is 5.53. The van der Waals surface area contributed by atoms with Crippen LogP contribution in [0.1, 0.15) is 15.9 Å². The van der Waals surface area contributed by atoms with Gasteiger partial charge in [0.2, 0.25) is 11.3 Å². The molecule has 0 aliphatic rings. The fourth-order valence-electron chi connectivity index (χ4n) is 3.81. The van der Waals surface area contributed by atoms with Crippen LogP contribution in [0, 0.1) is 0 Å². The molecule has 4 rings (SSSR count). The Morgan fingerprint density at radius 3 is 2.26 bits per heavy atom. The maximum atomic E-state index is 13.4. The molecule has 4 aromatic rings. The van der Waals surface area contributed by atoms with E-state index >= 15 is 0 Å². The summed E-state index contributed by atoms with van der Waals surface area (Å²) in [6.07, 6.45) is 1.41. The van der Waals surface area contributed by atoms with Crippen LogP contribution in [0.5, 0.6) is 17.2 Å². The van der Waals surface area contributed by atoms with Crippen LogP contribution in [-0.2, 0) is 11.3 Å². The topological polar surface area (TPSA) is 95.9 Å². The predicted octanol–water partition coefficient (Wildman–Crippen LogP) is 3.90. The van der Waals surface area contributed by atoms with Crippen LogP contribution in [0.15, 0.2) is 77.7 Å². The molecule has 1 heterocycles. The predicted molar refractivity (Wildman–Crippen MR) is 133 cm³/mol. The minimum atomic E-state index is -0.459. The highest BCUT2D eigenvalue weighted by Crippen LogP contribution is 2.31. The first-order chi connectivity index (χ1) is 16.9. The average Bonchev–Trinajstić information content (AvgIpc) is 2.89. The summed E-state index contributed by atoms with van der Waals surface area (Å²) >= 11 is 0. The average molecular weight is 472 g/mol. The van der Waals surface area contributed by atoms with Gasteiger partial charge < -0.3 is 24.1 Å². The Bertz CT molecular complexity index is 1460. The van der Waals surface area contributed by atoms with Crippen molar-refractivity contribution in [2.24, 2.45) is 0 Å². The Morgan fingerprint density at radius 2 is 1.57 bits per heavy atom. The van der Waals surface area contributed by atoms with Crippen molar-refractivity contribution in [3.63, 3.8) is 0 Å². The van der Waals surface area contributed by atoms with Crippen molar-refractivity contribution in [1.82, 2.24) is 4.57 Å². The summed E-state index contributed by atoms with van der Waals surface area (Å²) in [5.41, 5.74) is 0.846. The number of ketones is 1. The number of ether oxygens (including phenoxy) is 3. The molecule has 0 aliphatic heterocycles. The number of anilines is 1. The highest BCUT2D eigenvalue weighted by Gasteiger charge is 2.20. The van der Waals surface area contributed by atoms with E-state index in [-0.39, 0.29) is 23.4 Å². The Morgan fingerprint density at radius 1 is 0.857 bits per heavy atom. The fourth-order valence-corrected chi connectivity index (χ4v) is 3.81. The second kappa shape index (κ2) is 10.1. The van der Waals surface area contributed by atoms with Gasteiger partial charge in [0.05, 0.1) is 37.8 Å². The fraction of sp³-hybridized carbons (Fsp3) is 0.148. The van der Waals surface area contributed by atoms with Crippen molar-refractivity contribution in [2.45, 2.75) is 6.54 Å². The van der Waals surface area contributed by atoms with E-state index in [9.17, 15) is 14.4 Å². The molecule has 35 heavy (non-hydrogen) atoms. The van der Waals surface area contributed by atoms with E-state index in [1.54, 1.807) is 72.3 Å². The molecule has 0 saturated carbocycles. The van der Waals surface area contributed by atoms with Crippen molar-refractivity contribution >= 4 is 28.3 Å². The molecule has 1 amide bonds.